The topological polar surface area (TPSA) is 70.1 Å². The maximum Gasteiger partial charge on any atom is 0.308 e. The van der Waals surface area contributed by atoms with Gasteiger partial charge in [-0.3, -0.25) is 9.59 Å². The van der Waals surface area contributed by atoms with Crippen LogP contribution in [0.3, 0.4) is 0 Å². The Morgan fingerprint density at radius 3 is 2.46 bits per heavy atom. The summed E-state index contributed by atoms with van der Waals surface area (Å²) in [7, 11) is 0. The fourth-order valence-electron chi connectivity index (χ4n) is 5.25. The van der Waals surface area contributed by atoms with E-state index in [1.54, 1.807) is 4.90 Å². The normalized spacial score (nSPS) is 27.1. The predicted octanol–water partition coefficient (Wildman–Crippen LogP) is 2.37. The Kier molecular flexibility index (Phi) is 6.56. The summed E-state index contributed by atoms with van der Waals surface area (Å²) in [6.45, 7) is 5.87. The van der Waals surface area contributed by atoms with Gasteiger partial charge < -0.3 is 19.6 Å². The molecular formula is C20H34N2O4. The fourth-order valence-corrected chi connectivity index (χ4v) is 5.25. The summed E-state index contributed by atoms with van der Waals surface area (Å²) in [5.74, 6) is -1.13. The average Bonchev–Trinajstić information content (AvgIpc) is 3.03. The molecule has 0 aromatic rings. The number of hydrogen-bond donors (Lipinski definition) is 1. The van der Waals surface area contributed by atoms with Crippen LogP contribution in [0.25, 0.3) is 0 Å². The highest BCUT2D eigenvalue weighted by molar-refractivity contribution is 5.79. The van der Waals surface area contributed by atoms with Crippen molar-refractivity contribution in [3.8, 4) is 0 Å². The summed E-state index contributed by atoms with van der Waals surface area (Å²) in [5, 5.41) is 9.78. The van der Waals surface area contributed by atoms with Crippen LogP contribution < -0.4 is 0 Å². The SMILES string of the molecule is CCOCCC(=O)N1CC(C(=O)O)C2(CCN(C3CCCCC3)CC2)C1. The van der Waals surface area contributed by atoms with Crippen molar-refractivity contribution in [1.29, 1.82) is 0 Å². The number of nitrogens with zero attached hydrogens (tertiary/aromatic N) is 2. The molecule has 1 spiro atoms. The lowest BCUT2D eigenvalue weighted by Gasteiger charge is -2.45. The molecule has 6 heteroatoms. The second kappa shape index (κ2) is 8.70. The van der Waals surface area contributed by atoms with Gasteiger partial charge in [0.05, 0.1) is 18.9 Å². The quantitative estimate of drug-likeness (QED) is 0.731. The van der Waals surface area contributed by atoms with Gasteiger partial charge in [-0.05, 0) is 45.7 Å². The van der Waals surface area contributed by atoms with Crippen LogP contribution in [0, 0.1) is 11.3 Å². The molecule has 3 aliphatic rings. The molecule has 1 unspecified atom stereocenters. The Morgan fingerprint density at radius 1 is 1.15 bits per heavy atom. The lowest BCUT2D eigenvalue weighted by atomic mass is 9.70. The standard InChI is InChI=1S/C20H34N2O4/c1-2-26-13-8-18(23)22-14-17(19(24)25)20(15-22)9-11-21(12-10-20)16-6-4-3-5-7-16/h16-17H,2-15H2,1H3,(H,24,25). The lowest BCUT2D eigenvalue weighted by molar-refractivity contribution is -0.146. The number of piperidine rings is 1. The summed E-state index contributed by atoms with van der Waals surface area (Å²) >= 11 is 0. The van der Waals surface area contributed by atoms with Crippen LogP contribution in [0.5, 0.6) is 0 Å². The first-order chi connectivity index (χ1) is 12.6. The number of hydrogen-bond acceptors (Lipinski definition) is 4. The third-order valence-electron chi connectivity index (χ3n) is 6.85. The van der Waals surface area contributed by atoms with Gasteiger partial charge >= 0.3 is 5.97 Å². The Labute approximate surface area is 156 Å². The summed E-state index contributed by atoms with van der Waals surface area (Å²) in [6, 6.07) is 0.690. The number of carbonyl (C=O) groups excluding carboxylic acids is 1. The summed E-state index contributed by atoms with van der Waals surface area (Å²) in [4.78, 5) is 28.8. The zero-order valence-electron chi connectivity index (χ0n) is 16.1. The molecule has 6 nitrogen and oxygen atoms in total. The Morgan fingerprint density at radius 2 is 1.85 bits per heavy atom. The molecule has 0 aromatic carbocycles. The van der Waals surface area contributed by atoms with Gasteiger partial charge in [-0.25, -0.2) is 0 Å². The highest BCUT2D eigenvalue weighted by Gasteiger charge is 2.52. The largest absolute Gasteiger partial charge is 0.481 e. The van der Waals surface area contributed by atoms with Crippen LogP contribution >= 0.6 is 0 Å². The van der Waals surface area contributed by atoms with E-state index < -0.39 is 11.9 Å². The average molecular weight is 367 g/mol. The van der Waals surface area contributed by atoms with Crippen molar-refractivity contribution >= 4 is 11.9 Å². The molecule has 0 bridgehead atoms. The zero-order valence-corrected chi connectivity index (χ0v) is 16.1. The van der Waals surface area contributed by atoms with Crippen molar-refractivity contribution in [3.63, 3.8) is 0 Å². The van der Waals surface area contributed by atoms with Crippen LogP contribution in [-0.2, 0) is 14.3 Å². The number of carboxylic acids is 1. The molecule has 1 atom stereocenters. The number of aliphatic carboxylic acids is 1. The first kappa shape index (κ1) is 19.6. The molecular weight excluding hydrogens is 332 g/mol. The van der Waals surface area contributed by atoms with Crippen molar-refractivity contribution in [2.24, 2.45) is 11.3 Å². The maximum absolute atomic E-state index is 12.5. The second-order valence-corrected chi connectivity index (χ2v) is 8.30. The van der Waals surface area contributed by atoms with Crippen molar-refractivity contribution in [2.75, 3.05) is 39.4 Å². The summed E-state index contributed by atoms with van der Waals surface area (Å²) < 4.78 is 5.29. The molecule has 2 heterocycles. The Hall–Kier alpha value is -1.14. The summed E-state index contributed by atoms with van der Waals surface area (Å²) in [5.41, 5.74) is -0.238. The molecule has 0 aromatic heterocycles. The third-order valence-corrected chi connectivity index (χ3v) is 6.85. The van der Waals surface area contributed by atoms with E-state index in [1.165, 1.54) is 32.1 Å². The summed E-state index contributed by atoms with van der Waals surface area (Å²) in [6.07, 6.45) is 8.73. The minimum Gasteiger partial charge on any atom is -0.481 e. The van der Waals surface area contributed by atoms with Crippen LogP contribution in [0.1, 0.15) is 58.3 Å². The van der Waals surface area contributed by atoms with Gasteiger partial charge in [0.15, 0.2) is 0 Å². The minimum absolute atomic E-state index is 0.0382. The molecule has 3 rings (SSSR count). The van der Waals surface area contributed by atoms with E-state index in [-0.39, 0.29) is 11.3 Å². The smallest absolute Gasteiger partial charge is 0.308 e. The van der Waals surface area contributed by atoms with Crippen LogP contribution in [-0.4, -0.2) is 72.2 Å². The Bertz CT molecular complexity index is 496. The molecule has 148 valence electrons. The molecule has 0 radical (unpaired) electrons. The zero-order chi connectivity index (χ0) is 18.6. The van der Waals surface area contributed by atoms with E-state index in [1.807, 2.05) is 6.92 Å². The predicted molar refractivity (Wildman–Crippen MR) is 98.9 cm³/mol. The molecule has 26 heavy (non-hydrogen) atoms. The van der Waals surface area contributed by atoms with Crippen LogP contribution in [0.4, 0.5) is 0 Å². The molecule has 2 saturated heterocycles. The van der Waals surface area contributed by atoms with Crippen molar-refractivity contribution in [1.82, 2.24) is 9.80 Å². The second-order valence-electron chi connectivity index (χ2n) is 8.30. The van der Waals surface area contributed by atoms with Gasteiger partial charge in [-0.15, -0.1) is 0 Å². The lowest BCUT2D eigenvalue weighted by Crippen LogP contribution is -2.49. The molecule has 1 amide bonds. The number of carboxylic acid groups (broad SMARTS) is 1. The van der Waals surface area contributed by atoms with Gasteiger partial charge in [0, 0.05) is 31.2 Å². The van der Waals surface area contributed by atoms with Crippen LogP contribution in [0.15, 0.2) is 0 Å². The van der Waals surface area contributed by atoms with Gasteiger partial charge in [-0.1, -0.05) is 19.3 Å². The number of ether oxygens (including phenoxy) is 1. The van der Waals surface area contributed by atoms with Crippen LogP contribution in [0.2, 0.25) is 0 Å². The van der Waals surface area contributed by atoms with E-state index in [0.717, 1.165) is 25.9 Å². The molecule has 1 N–H and O–H groups in total. The third kappa shape index (κ3) is 4.22. The van der Waals surface area contributed by atoms with Gasteiger partial charge in [0.25, 0.3) is 0 Å². The number of rotatable bonds is 6. The van der Waals surface area contributed by atoms with Crippen molar-refractivity contribution < 1.29 is 19.4 Å². The van der Waals surface area contributed by atoms with E-state index >= 15 is 0 Å². The molecule has 1 aliphatic carbocycles. The molecule has 1 saturated carbocycles. The highest BCUT2D eigenvalue weighted by Crippen LogP contribution is 2.46. The number of carbonyl (C=O) groups is 2. The van der Waals surface area contributed by atoms with E-state index in [0.29, 0.717) is 38.8 Å². The Balaban J connectivity index is 1.60. The van der Waals surface area contributed by atoms with E-state index in [4.69, 9.17) is 4.74 Å². The van der Waals surface area contributed by atoms with Gasteiger partial charge in [0.2, 0.25) is 5.91 Å². The molecule has 2 aliphatic heterocycles. The number of amides is 1. The number of likely N-dealkylation sites (tertiary alicyclic amines) is 2. The highest BCUT2D eigenvalue weighted by atomic mass is 16.5. The first-order valence-electron chi connectivity index (χ1n) is 10.4. The fraction of sp³-hybridized carbons (Fsp3) is 0.900. The molecule has 3 fully saturated rings. The maximum atomic E-state index is 12.5. The van der Waals surface area contributed by atoms with Crippen molar-refractivity contribution in [3.05, 3.63) is 0 Å². The van der Waals surface area contributed by atoms with Gasteiger partial charge in [0.1, 0.15) is 0 Å². The minimum atomic E-state index is -0.740. The van der Waals surface area contributed by atoms with Gasteiger partial charge in [-0.2, -0.15) is 0 Å². The van der Waals surface area contributed by atoms with Crippen molar-refractivity contribution in [2.45, 2.75) is 64.3 Å². The van der Waals surface area contributed by atoms with E-state index in [2.05, 4.69) is 4.90 Å². The first-order valence-corrected chi connectivity index (χ1v) is 10.4. The monoisotopic (exact) mass is 366 g/mol. The van der Waals surface area contributed by atoms with E-state index in [9.17, 15) is 14.7 Å².